The Morgan fingerprint density at radius 2 is 0.968 bits per heavy atom. The molecule has 0 aromatic heterocycles. The fraction of sp³-hybridized carbons (Fsp3) is 0.143. The molecule has 156 valence electrons. The van der Waals surface area contributed by atoms with Gasteiger partial charge in [0.05, 0.1) is 0 Å². The van der Waals surface area contributed by atoms with E-state index in [-0.39, 0.29) is 24.8 Å². The van der Waals surface area contributed by atoms with Crippen LogP contribution in [0.3, 0.4) is 0 Å². The largest absolute Gasteiger partial charge is 1.00 e. The van der Waals surface area contributed by atoms with Crippen molar-refractivity contribution in [2.24, 2.45) is 0 Å². The van der Waals surface area contributed by atoms with Gasteiger partial charge in [0.1, 0.15) is 0 Å². The average molecular weight is 525 g/mol. The van der Waals surface area contributed by atoms with Crippen molar-refractivity contribution in [3.05, 3.63) is 137 Å². The molecule has 0 amide bonds. The van der Waals surface area contributed by atoms with Crippen LogP contribution >= 0.6 is 0 Å². The van der Waals surface area contributed by atoms with Crippen molar-refractivity contribution in [2.45, 2.75) is 26.7 Å². The fourth-order valence-electron chi connectivity index (χ4n) is 3.73. The maximum atomic E-state index is 2.42. The van der Waals surface area contributed by atoms with Gasteiger partial charge in [-0.1, -0.05) is 0 Å². The molecule has 2 aliphatic carbocycles. The summed E-state index contributed by atoms with van der Waals surface area (Å²) in [5.41, 5.74) is 8.43. The van der Waals surface area contributed by atoms with E-state index in [1.165, 1.54) is 33.4 Å². The summed E-state index contributed by atoms with van der Waals surface area (Å²) >= 11 is -0.850. The van der Waals surface area contributed by atoms with Gasteiger partial charge in [-0.2, -0.15) is 0 Å². The molecule has 0 nitrogen and oxygen atoms in total. The van der Waals surface area contributed by atoms with Crippen molar-refractivity contribution in [3.63, 3.8) is 0 Å². The molecule has 2 aliphatic rings. The molecule has 0 atom stereocenters. The first kappa shape index (κ1) is 25.6. The first-order valence-electron chi connectivity index (χ1n) is 10.2. The van der Waals surface area contributed by atoms with E-state index in [4.69, 9.17) is 0 Å². The Balaban J connectivity index is 0.00000171. The predicted octanol–water partition coefficient (Wildman–Crippen LogP) is 1.10. The van der Waals surface area contributed by atoms with Crippen LogP contribution in [0.25, 0.3) is 0 Å². The van der Waals surface area contributed by atoms with Gasteiger partial charge in [0.2, 0.25) is 0 Å². The minimum absolute atomic E-state index is 0. The minimum Gasteiger partial charge on any atom is -1.00 e. The van der Waals surface area contributed by atoms with E-state index in [0.717, 1.165) is 12.8 Å². The van der Waals surface area contributed by atoms with Crippen molar-refractivity contribution >= 4 is 0 Å². The molecule has 0 unspecified atom stereocenters. The van der Waals surface area contributed by atoms with Crippen LogP contribution in [-0.4, -0.2) is 0 Å². The SMILES string of the molecule is CC1=CC(=CCc2ccccc2)[C]([Zr+2][C]2=CC(C)=CC2=CCc2ccccc2)=C1.[Cl-].[Cl-]. The van der Waals surface area contributed by atoms with E-state index in [0.29, 0.717) is 0 Å². The molecule has 0 saturated carbocycles. The molecule has 0 aliphatic heterocycles. The van der Waals surface area contributed by atoms with Gasteiger partial charge in [-0.15, -0.1) is 0 Å². The van der Waals surface area contributed by atoms with Crippen LogP contribution in [0.1, 0.15) is 25.0 Å². The molecule has 0 fully saturated rings. The van der Waals surface area contributed by atoms with Crippen LogP contribution in [-0.2, 0) is 36.1 Å². The van der Waals surface area contributed by atoms with Crippen molar-refractivity contribution in [3.8, 4) is 0 Å². The van der Waals surface area contributed by atoms with Crippen molar-refractivity contribution < 1.29 is 48.0 Å². The van der Waals surface area contributed by atoms with Gasteiger partial charge >= 0.3 is 187 Å². The van der Waals surface area contributed by atoms with Crippen LogP contribution in [0.15, 0.2) is 126 Å². The summed E-state index contributed by atoms with van der Waals surface area (Å²) in [6, 6.07) is 21.5. The molecule has 2 aromatic carbocycles. The van der Waals surface area contributed by atoms with Crippen molar-refractivity contribution in [1.82, 2.24) is 0 Å². The zero-order valence-corrected chi connectivity index (χ0v) is 21.9. The maximum absolute atomic E-state index is 2.42. The number of halogens is 2. The van der Waals surface area contributed by atoms with E-state index < -0.39 is 23.2 Å². The van der Waals surface area contributed by atoms with E-state index in [2.05, 4.69) is 111 Å². The Morgan fingerprint density at radius 3 is 1.35 bits per heavy atom. The zero-order valence-electron chi connectivity index (χ0n) is 17.9. The van der Waals surface area contributed by atoms with Gasteiger partial charge in [-0.3, -0.25) is 0 Å². The summed E-state index contributed by atoms with van der Waals surface area (Å²) in [4.78, 5) is 0. The summed E-state index contributed by atoms with van der Waals surface area (Å²) in [5, 5.41) is 0. The number of hydrogen-bond acceptors (Lipinski definition) is 0. The number of hydrogen-bond donors (Lipinski definition) is 0. The molecule has 0 N–H and O–H groups in total. The molecule has 0 saturated heterocycles. The first-order valence-corrected chi connectivity index (χ1v) is 12.7. The Hall–Kier alpha value is -1.66. The molecular formula is C28H26Cl2Zr. The normalized spacial score (nSPS) is 17.2. The van der Waals surface area contributed by atoms with Gasteiger partial charge in [-0.05, 0) is 0 Å². The quantitative estimate of drug-likeness (QED) is 0.531. The second-order valence-corrected chi connectivity index (χ2v) is 11.0. The molecule has 2 aromatic rings. The average Bonchev–Trinajstić information content (AvgIpc) is 3.27. The summed E-state index contributed by atoms with van der Waals surface area (Å²) < 4.78 is 3.20. The molecule has 31 heavy (non-hydrogen) atoms. The van der Waals surface area contributed by atoms with E-state index in [9.17, 15) is 0 Å². The van der Waals surface area contributed by atoms with Gasteiger partial charge in [-0.25, -0.2) is 0 Å². The van der Waals surface area contributed by atoms with E-state index >= 15 is 0 Å². The summed E-state index contributed by atoms with van der Waals surface area (Å²) in [7, 11) is 0. The molecule has 0 radical (unpaired) electrons. The summed E-state index contributed by atoms with van der Waals surface area (Å²) in [6.07, 6.45) is 16.4. The molecule has 0 heterocycles. The van der Waals surface area contributed by atoms with Crippen LogP contribution in [0.2, 0.25) is 0 Å². The Morgan fingerprint density at radius 1 is 0.581 bits per heavy atom. The monoisotopic (exact) mass is 522 g/mol. The summed E-state index contributed by atoms with van der Waals surface area (Å²) in [5.74, 6) is 0. The summed E-state index contributed by atoms with van der Waals surface area (Å²) in [6.45, 7) is 4.45. The second-order valence-electron chi connectivity index (χ2n) is 7.72. The fourth-order valence-corrected chi connectivity index (χ4v) is 7.49. The first-order chi connectivity index (χ1) is 14.2. The molecule has 3 heteroatoms. The third kappa shape index (κ3) is 7.18. The van der Waals surface area contributed by atoms with Crippen molar-refractivity contribution in [1.29, 1.82) is 0 Å². The van der Waals surface area contributed by atoms with Gasteiger partial charge in [0, 0.05) is 0 Å². The standard InChI is InChI=1S/2C14H13.2ClH.Zr/c2*1-12-7-8-14(11-12)10-9-13-5-3-2-4-6-13;;;/h2*2-7,10-11H,9H2,1H3;2*1H;/q;;;;+2/p-2. The van der Waals surface area contributed by atoms with Crippen LogP contribution in [0, 0.1) is 0 Å². The van der Waals surface area contributed by atoms with Gasteiger partial charge < -0.3 is 24.8 Å². The minimum atomic E-state index is -0.850. The van der Waals surface area contributed by atoms with Gasteiger partial charge in [0.25, 0.3) is 0 Å². The van der Waals surface area contributed by atoms with Crippen LogP contribution in [0.5, 0.6) is 0 Å². The molecule has 0 bridgehead atoms. The third-order valence-electron chi connectivity index (χ3n) is 5.20. The predicted molar refractivity (Wildman–Crippen MR) is 120 cm³/mol. The van der Waals surface area contributed by atoms with E-state index in [1.807, 2.05) is 0 Å². The second kappa shape index (κ2) is 12.4. The smallest absolute Gasteiger partial charge is 1.00 e. The van der Waals surface area contributed by atoms with Crippen LogP contribution < -0.4 is 24.8 Å². The number of rotatable bonds is 6. The number of benzene rings is 2. The van der Waals surface area contributed by atoms with Crippen LogP contribution in [0.4, 0.5) is 0 Å². The Labute approximate surface area is 210 Å². The van der Waals surface area contributed by atoms with E-state index in [1.54, 1.807) is 6.56 Å². The maximum Gasteiger partial charge on any atom is -1.00 e. The van der Waals surface area contributed by atoms with Crippen molar-refractivity contribution in [2.75, 3.05) is 0 Å². The van der Waals surface area contributed by atoms with Gasteiger partial charge in [0.15, 0.2) is 0 Å². The zero-order chi connectivity index (χ0) is 20.1. The molecule has 4 rings (SSSR count). The number of allylic oxidation sites excluding steroid dienone is 12. The topological polar surface area (TPSA) is 0 Å². The molecule has 0 spiro atoms. The molecular weight excluding hydrogens is 498 g/mol. The Kier molecular flexibility index (Phi) is 10.2. The Bertz CT molecular complexity index is 981. The third-order valence-corrected chi connectivity index (χ3v) is 8.66.